The molecule has 0 saturated heterocycles. The van der Waals surface area contributed by atoms with Gasteiger partial charge in [-0.2, -0.15) is 13.2 Å². The number of carbonyl (C=O) groups is 1. The fourth-order valence-electron chi connectivity index (χ4n) is 3.03. The number of anilines is 1. The first-order chi connectivity index (χ1) is 15.9. The molecule has 0 aliphatic rings. The third-order valence-corrected chi connectivity index (χ3v) is 7.21. The topological polar surface area (TPSA) is 66.5 Å². The number of alkyl halides is 3. The molecule has 11 heteroatoms. The van der Waals surface area contributed by atoms with Crippen LogP contribution in [0.25, 0.3) is 0 Å². The fraction of sp³-hybridized carbons (Fsp3) is 0.174. The van der Waals surface area contributed by atoms with Gasteiger partial charge in [-0.3, -0.25) is 9.10 Å². The molecule has 3 rings (SSSR count). The summed E-state index contributed by atoms with van der Waals surface area (Å²) in [5, 5.41) is 2.49. The molecule has 0 heterocycles. The molecule has 5 nitrogen and oxygen atoms in total. The van der Waals surface area contributed by atoms with Gasteiger partial charge in [0, 0.05) is 11.6 Å². The number of halogens is 5. The van der Waals surface area contributed by atoms with Crippen LogP contribution in [0.4, 0.5) is 18.9 Å². The Morgan fingerprint density at radius 1 is 0.971 bits per heavy atom. The smallest absolute Gasteiger partial charge is 0.350 e. The van der Waals surface area contributed by atoms with Gasteiger partial charge < -0.3 is 5.32 Å². The number of rotatable bonds is 7. The highest BCUT2D eigenvalue weighted by Gasteiger charge is 2.35. The van der Waals surface area contributed by atoms with Gasteiger partial charge in [0.1, 0.15) is 6.54 Å². The Kier molecular flexibility index (Phi) is 7.80. The van der Waals surface area contributed by atoms with E-state index in [9.17, 15) is 26.4 Å². The van der Waals surface area contributed by atoms with Crippen molar-refractivity contribution in [2.45, 2.75) is 24.5 Å². The molecule has 0 spiro atoms. The lowest BCUT2D eigenvalue weighted by molar-refractivity contribution is -0.137. The number of hydrogen-bond donors (Lipinski definition) is 1. The zero-order valence-corrected chi connectivity index (χ0v) is 20.1. The molecular formula is C23H19Cl2F3N2O3S. The fourth-order valence-corrected chi connectivity index (χ4v) is 4.79. The van der Waals surface area contributed by atoms with E-state index >= 15 is 0 Å². The van der Waals surface area contributed by atoms with Gasteiger partial charge >= 0.3 is 6.18 Å². The predicted octanol–water partition coefficient (Wildman–Crippen LogP) is 5.83. The van der Waals surface area contributed by atoms with E-state index in [2.05, 4.69) is 5.32 Å². The van der Waals surface area contributed by atoms with Crippen molar-refractivity contribution in [3.05, 3.63) is 93.5 Å². The highest BCUT2D eigenvalue weighted by atomic mass is 35.5. The van der Waals surface area contributed by atoms with E-state index in [0.717, 1.165) is 17.7 Å². The zero-order valence-electron chi connectivity index (χ0n) is 17.7. The summed E-state index contributed by atoms with van der Waals surface area (Å²) in [4.78, 5) is 12.5. The largest absolute Gasteiger partial charge is 0.417 e. The zero-order chi connectivity index (χ0) is 25.1. The van der Waals surface area contributed by atoms with Crippen LogP contribution in [0.3, 0.4) is 0 Å². The lowest BCUT2D eigenvalue weighted by Crippen LogP contribution is -2.40. The molecule has 0 aliphatic heterocycles. The van der Waals surface area contributed by atoms with Crippen LogP contribution < -0.4 is 9.62 Å². The molecule has 1 amide bonds. The SMILES string of the molecule is Cc1ccc(S(=O)(=O)N(CC(=O)NCc2ccc(Cl)cc2)c2ccc(Cl)c(C(F)(F)F)c2)cc1. The van der Waals surface area contributed by atoms with Crippen LogP contribution in [0.15, 0.2) is 71.6 Å². The monoisotopic (exact) mass is 530 g/mol. The van der Waals surface area contributed by atoms with Crippen molar-refractivity contribution < 1.29 is 26.4 Å². The second-order valence-corrected chi connectivity index (χ2v) is 10.1. The quantitative estimate of drug-likeness (QED) is 0.417. The minimum Gasteiger partial charge on any atom is -0.350 e. The van der Waals surface area contributed by atoms with Crippen LogP contribution in [0.1, 0.15) is 16.7 Å². The third kappa shape index (κ3) is 6.22. The number of amides is 1. The Morgan fingerprint density at radius 2 is 1.59 bits per heavy atom. The molecule has 0 saturated carbocycles. The average molecular weight is 531 g/mol. The van der Waals surface area contributed by atoms with E-state index in [4.69, 9.17) is 23.2 Å². The van der Waals surface area contributed by atoms with Crippen LogP contribution in [-0.2, 0) is 27.5 Å². The predicted molar refractivity (Wildman–Crippen MR) is 125 cm³/mol. The molecule has 1 N–H and O–H groups in total. The maximum Gasteiger partial charge on any atom is 0.417 e. The van der Waals surface area contributed by atoms with Gasteiger partial charge in [0.05, 0.1) is 21.2 Å². The van der Waals surface area contributed by atoms with Gasteiger partial charge in [-0.1, -0.05) is 53.0 Å². The first kappa shape index (κ1) is 25.9. The summed E-state index contributed by atoms with van der Waals surface area (Å²) < 4.78 is 67.6. The number of nitrogens with one attached hydrogen (secondary N) is 1. The second kappa shape index (κ2) is 10.2. The number of hydrogen-bond acceptors (Lipinski definition) is 3. The summed E-state index contributed by atoms with van der Waals surface area (Å²) in [5.74, 6) is -0.714. The molecular weight excluding hydrogens is 512 g/mol. The Labute approximate surface area is 205 Å². The van der Waals surface area contributed by atoms with Gasteiger partial charge in [-0.05, 0) is 55.0 Å². The van der Waals surface area contributed by atoms with Crippen LogP contribution in [0.5, 0.6) is 0 Å². The van der Waals surface area contributed by atoms with Crippen molar-refractivity contribution in [3.63, 3.8) is 0 Å². The Balaban J connectivity index is 1.96. The number of aryl methyl sites for hydroxylation is 1. The van der Waals surface area contributed by atoms with E-state index in [1.54, 1.807) is 43.3 Å². The van der Waals surface area contributed by atoms with Crippen LogP contribution in [0, 0.1) is 6.92 Å². The van der Waals surface area contributed by atoms with Gasteiger partial charge in [0.25, 0.3) is 10.0 Å². The van der Waals surface area contributed by atoms with Crippen LogP contribution in [0.2, 0.25) is 10.0 Å². The van der Waals surface area contributed by atoms with Crippen molar-refractivity contribution in [2.75, 3.05) is 10.8 Å². The lowest BCUT2D eigenvalue weighted by Gasteiger charge is -2.25. The molecule has 34 heavy (non-hydrogen) atoms. The second-order valence-electron chi connectivity index (χ2n) is 7.39. The number of benzene rings is 3. The first-order valence-electron chi connectivity index (χ1n) is 9.85. The van der Waals surface area contributed by atoms with Crippen molar-refractivity contribution >= 4 is 44.8 Å². The van der Waals surface area contributed by atoms with Crippen molar-refractivity contribution in [1.82, 2.24) is 5.32 Å². The van der Waals surface area contributed by atoms with Gasteiger partial charge in [-0.25, -0.2) is 8.42 Å². The molecule has 3 aromatic rings. The summed E-state index contributed by atoms with van der Waals surface area (Å²) in [6, 6.07) is 15.0. The highest BCUT2D eigenvalue weighted by molar-refractivity contribution is 7.92. The standard InChI is InChI=1S/C23H19Cl2F3N2O3S/c1-15-2-9-19(10-3-15)34(32,33)30(18-8-11-21(25)20(12-18)23(26,27)28)14-22(31)29-13-16-4-6-17(24)7-5-16/h2-12H,13-14H2,1H3,(H,29,31). The van der Waals surface area contributed by atoms with E-state index in [1.165, 1.54) is 12.1 Å². The molecule has 0 bridgehead atoms. The third-order valence-electron chi connectivity index (χ3n) is 4.84. The summed E-state index contributed by atoms with van der Waals surface area (Å²) >= 11 is 11.5. The first-order valence-corrected chi connectivity index (χ1v) is 12.0. The average Bonchev–Trinajstić information content (AvgIpc) is 2.77. The Hall–Kier alpha value is -2.75. The van der Waals surface area contributed by atoms with Crippen LogP contribution in [-0.4, -0.2) is 20.9 Å². The minimum atomic E-state index is -4.82. The van der Waals surface area contributed by atoms with Gasteiger partial charge in [0.15, 0.2) is 0 Å². The normalized spacial score (nSPS) is 11.8. The van der Waals surface area contributed by atoms with E-state index < -0.39 is 39.2 Å². The highest BCUT2D eigenvalue weighted by Crippen LogP contribution is 2.38. The number of nitrogens with zero attached hydrogens (tertiary/aromatic N) is 1. The van der Waals surface area contributed by atoms with E-state index in [1.807, 2.05) is 0 Å². The van der Waals surface area contributed by atoms with Crippen LogP contribution >= 0.6 is 23.2 Å². The molecule has 3 aromatic carbocycles. The Bertz CT molecular complexity index is 1280. The van der Waals surface area contributed by atoms with E-state index in [0.29, 0.717) is 21.0 Å². The van der Waals surface area contributed by atoms with Gasteiger partial charge in [-0.15, -0.1) is 0 Å². The number of carbonyl (C=O) groups excluding carboxylic acids is 1. The summed E-state index contributed by atoms with van der Waals surface area (Å²) in [6.07, 6.45) is -4.82. The minimum absolute atomic E-state index is 0.0723. The Morgan fingerprint density at radius 3 is 2.18 bits per heavy atom. The van der Waals surface area contributed by atoms with E-state index in [-0.39, 0.29) is 17.1 Å². The molecule has 0 unspecified atom stereocenters. The molecule has 180 valence electrons. The molecule has 0 fully saturated rings. The summed E-state index contributed by atoms with van der Waals surface area (Å²) in [6.45, 7) is 1.08. The lowest BCUT2D eigenvalue weighted by atomic mass is 10.2. The summed E-state index contributed by atoms with van der Waals surface area (Å²) in [5.41, 5.74) is -0.0649. The van der Waals surface area contributed by atoms with Crippen molar-refractivity contribution in [2.24, 2.45) is 0 Å². The van der Waals surface area contributed by atoms with Gasteiger partial charge in [0.2, 0.25) is 5.91 Å². The molecule has 0 aliphatic carbocycles. The van der Waals surface area contributed by atoms with Crippen molar-refractivity contribution in [3.8, 4) is 0 Å². The number of sulfonamides is 1. The maximum absolute atomic E-state index is 13.4. The summed E-state index contributed by atoms with van der Waals surface area (Å²) in [7, 11) is -4.38. The molecule has 0 radical (unpaired) electrons. The van der Waals surface area contributed by atoms with Crippen molar-refractivity contribution in [1.29, 1.82) is 0 Å². The molecule has 0 atom stereocenters. The maximum atomic E-state index is 13.4. The molecule has 0 aromatic heterocycles.